The fraction of sp³-hybridized carbons (Fsp3) is 0.600. The molecule has 138 valence electrons. The number of amides is 2. The highest BCUT2D eigenvalue weighted by Gasteiger charge is 2.38. The van der Waals surface area contributed by atoms with E-state index in [9.17, 15) is 9.59 Å². The zero-order valence-electron chi connectivity index (χ0n) is 16.2. The second-order valence-electron chi connectivity index (χ2n) is 7.93. The molecular weight excluding hydrogens is 316 g/mol. The Labute approximate surface area is 150 Å². The number of benzene rings is 1. The van der Waals surface area contributed by atoms with Gasteiger partial charge >= 0.3 is 6.09 Å². The lowest BCUT2D eigenvalue weighted by atomic mass is 9.99. The molecule has 2 amide bonds. The molecule has 2 rings (SSSR count). The van der Waals surface area contributed by atoms with Crippen LogP contribution in [0.4, 0.5) is 4.79 Å². The number of hydrogen-bond acceptors (Lipinski definition) is 3. The van der Waals surface area contributed by atoms with Gasteiger partial charge in [0.05, 0.1) is 6.04 Å². The maximum Gasteiger partial charge on any atom is 0.410 e. The summed E-state index contributed by atoms with van der Waals surface area (Å²) in [6.07, 6.45) is 0.118. The van der Waals surface area contributed by atoms with Crippen LogP contribution in [0, 0.1) is 5.92 Å². The molecule has 3 atom stereocenters. The minimum Gasteiger partial charge on any atom is -0.444 e. The summed E-state index contributed by atoms with van der Waals surface area (Å²) in [6.45, 7) is 10.3. The van der Waals surface area contributed by atoms with E-state index in [-0.39, 0.29) is 30.0 Å². The number of carbonyl (C=O) groups excluding carboxylic acids is 2. The Morgan fingerprint density at radius 2 is 1.84 bits per heavy atom. The van der Waals surface area contributed by atoms with Gasteiger partial charge in [-0.25, -0.2) is 4.79 Å². The molecule has 0 N–H and O–H groups in total. The topological polar surface area (TPSA) is 49.9 Å². The molecular formula is C20H30N2O3. The second-order valence-corrected chi connectivity index (χ2v) is 7.93. The number of rotatable bonds is 4. The third-order valence-electron chi connectivity index (χ3n) is 4.91. The van der Waals surface area contributed by atoms with E-state index in [1.165, 1.54) is 0 Å². The highest BCUT2D eigenvalue weighted by Crippen LogP contribution is 2.31. The Bertz CT molecular complexity index is 609. The molecule has 0 saturated carbocycles. The van der Waals surface area contributed by atoms with Crippen molar-refractivity contribution in [1.82, 2.24) is 9.80 Å². The average molecular weight is 346 g/mol. The van der Waals surface area contributed by atoms with Gasteiger partial charge in [-0.1, -0.05) is 30.3 Å². The molecule has 1 saturated heterocycles. The maximum absolute atomic E-state index is 12.5. The molecule has 0 bridgehead atoms. The number of likely N-dealkylation sites (tertiary alicyclic amines) is 1. The highest BCUT2D eigenvalue weighted by atomic mass is 16.6. The summed E-state index contributed by atoms with van der Waals surface area (Å²) < 4.78 is 5.44. The van der Waals surface area contributed by atoms with Gasteiger partial charge in [0.25, 0.3) is 0 Å². The lowest BCUT2D eigenvalue weighted by Gasteiger charge is -2.32. The first-order valence-corrected chi connectivity index (χ1v) is 8.90. The van der Waals surface area contributed by atoms with Crippen LogP contribution in [0.1, 0.15) is 52.6 Å². The minimum atomic E-state index is -0.523. The van der Waals surface area contributed by atoms with Crippen molar-refractivity contribution in [3.8, 4) is 0 Å². The van der Waals surface area contributed by atoms with Gasteiger partial charge in [-0.2, -0.15) is 0 Å². The van der Waals surface area contributed by atoms with Crippen LogP contribution in [0.2, 0.25) is 0 Å². The fourth-order valence-corrected chi connectivity index (χ4v) is 3.19. The quantitative estimate of drug-likeness (QED) is 0.832. The molecule has 0 aliphatic carbocycles. The van der Waals surface area contributed by atoms with Crippen LogP contribution in [0.25, 0.3) is 0 Å². The van der Waals surface area contributed by atoms with Crippen LogP contribution in [0.3, 0.4) is 0 Å². The van der Waals surface area contributed by atoms with E-state index < -0.39 is 5.60 Å². The summed E-state index contributed by atoms with van der Waals surface area (Å²) in [6, 6.07) is 10.0. The zero-order valence-corrected chi connectivity index (χ0v) is 16.2. The molecule has 1 heterocycles. The van der Waals surface area contributed by atoms with E-state index in [1.807, 2.05) is 62.9 Å². The Balaban J connectivity index is 2.02. The van der Waals surface area contributed by atoms with Crippen molar-refractivity contribution in [2.45, 2.75) is 58.7 Å². The summed E-state index contributed by atoms with van der Waals surface area (Å²) >= 11 is 0. The molecule has 25 heavy (non-hydrogen) atoms. The third kappa shape index (κ3) is 4.74. The van der Waals surface area contributed by atoms with Crippen molar-refractivity contribution in [3.05, 3.63) is 35.9 Å². The van der Waals surface area contributed by atoms with E-state index >= 15 is 0 Å². The molecule has 5 heteroatoms. The largest absolute Gasteiger partial charge is 0.444 e. The predicted molar refractivity (Wildman–Crippen MR) is 98.1 cm³/mol. The molecule has 1 aliphatic heterocycles. The Morgan fingerprint density at radius 3 is 2.40 bits per heavy atom. The Morgan fingerprint density at radius 1 is 1.24 bits per heavy atom. The molecule has 1 aromatic rings. The zero-order chi connectivity index (χ0) is 18.8. The molecule has 1 aliphatic rings. The molecule has 0 unspecified atom stereocenters. The van der Waals surface area contributed by atoms with E-state index in [1.54, 1.807) is 11.9 Å². The highest BCUT2D eigenvalue weighted by molar-refractivity contribution is 5.79. The van der Waals surface area contributed by atoms with Crippen molar-refractivity contribution in [2.75, 3.05) is 13.6 Å². The number of hydrogen-bond donors (Lipinski definition) is 0. The molecule has 1 aromatic carbocycles. The van der Waals surface area contributed by atoms with Gasteiger partial charge in [-0.05, 0) is 40.2 Å². The molecule has 0 spiro atoms. The van der Waals surface area contributed by atoms with Crippen molar-refractivity contribution in [2.24, 2.45) is 5.92 Å². The van der Waals surface area contributed by atoms with Gasteiger partial charge in [-0.15, -0.1) is 0 Å². The lowest BCUT2D eigenvalue weighted by molar-refractivity contribution is -0.129. The average Bonchev–Trinajstić information content (AvgIpc) is 2.93. The van der Waals surface area contributed by atoms with Gasteiger partial charge in [0.2, 0.25) is 5.91 Å². The standard InChI is InChI=1S/C20H30N2O3/c1-14(21(6)19(24)25-20(3,4)5)17-12-18(23)22(13-17)15(2)16-10-8-7-9-11-16/h7-11,14-15,17H,12-13H2,1-6H3/t14-,15+,17+/m0/s1. The number of carbonyl (C=O) groups is 2. The van der Waals surface area contributed by atoms with Crippen LogP contribution in [-0.2, 0) is 9.53 Å². The normalized spacial score (nSPS) is 20.3. The van der Waals surface area contributed by atoms with Crippen molar-refractivity contribution >= 4 is 12.0 Å². The third-order valence-corrected chi connectivity index (χ3v) is 4.91. The van der Waals surface area contributed by atoms with Crippen LogP contribution in [0.15, 0.2) is 30.3 Å². The van der Waals surface area contributed by atoms with Gasteiger partial charge < -0.3 is 14.5 Å². The van der Waals surface area contributed by atoms with E-state index in [0.29, 0.717) is 13.0 Å². The van der Waals surface area contributed by atoms with Crippen molar-refractivity contribution < 1.29 is 14.3 Å². The van der Waals surface area contributed by atoms with Gasteiger partial charge in [0, 0.05) is 32.0 Å². The first kappa shape index (κ1) is 19.3. The predicted octanol–water partition coefficient (Wildman–Crippen LogP) is 3.85. The Hall–Kier alpha value is -2.04. The summed E-state index contributed by atoms with van der Waals surface area (Å²) in [5.74, 6) is 0.252. The van der Waals surface area contributed by atoms with E-state index in [4.69, 9.17) is 4.74 Å². The van der Waals surface area contributed by atoms with Gasteiger partial charge in [0.15, 0.2) is 0 Å². The van der Waals surface area contributed by atoms with Gasteiger partial charge in [-0.3, -0.25) is 4.79 Å². The SMILES string of the molecule is C[C@H](c1ccccc1)N1C[C@H]([C@H](C)N(C)C(=O)OC(C)(C)C)CC1=O. The second kappa shape index (κ2) is 7.46. The number of ether oxygens (including phenoxy) is 1. The summed E-state index contributed by atoms with van der Waals surface area (Å²) in [4.78, 5) is 28.3. The summed E-state index contributed by atoms with van der Waals surface area (Å²) in [5.41, 5.74) is 0.606. The van der Waals surface area contributed by atoms with E-state index in [2.05, 4.69) is 6.92 Å². The van der Waals surface area contributed by atoms with Gasteiger partial charge in [0.1, 0.15) is 5.60 Å². The van der Waals surface area contributed by atoms with Crippen LogP contribution < -0.4 is 0 Å². The monoisotopic (exact) mass is 346 g/mol. The van der Waals surface area contributed by atoms with Crippen molar-refractivity contribution in [1.29, 1.82) is 0 Å². The first-order valence-electron chi connectivity index (χ1n) is 8.90. The van der Waals surface area contributed by atoms with Crippen LogP contribution in [-0.4, -0.2) is 47.0 Å². The molecule has 0 aromatic heterocycles. The van der Waals surface area contributed by atoms with Crippen LogP contribution in [0.5, 0.6) is 0 Å². The first-order chi connectivity index (χ1) is 11.6. The maximum atomic E-state index is 12.5. The van der Waals surface area contributed by atoms with E-state index in [0.717, 1.165) is 5.56 Å². The molecule has 1 fully saturated rings. The lowest BCUT2D eigenvalue weighted by Crippen LogP contribution is -2.43. The fourth-order valence-electron chi connectivity index (χ4n) is 3.19. The Kier molecular flexibility index (Phi) is 5.76. The summed E-state index contributed by atoms with van der Waals surface area (Å²) in [5, 5.41) is 0. The minimum absolute atomic E-state index is 0.0396. The van der Waals surface area contributed by atoms with Crippen molar-refractivity contribution in [3.63, 3.8) is 0 Å². The molecule has 5 nitrogen and oxygen atoms in total. The smallest absolute Gasteiger partial charge is 0.410 e. The molecule has 0 radical (unpaired) electrons. The summed E-state index contributed by atoms with van der Waals surface area (Å²) in [7, 11) is 1.74. The number of nitrogens with zero attached hydrogens (tertiary/aromatic N) is 2. The van der Waals surface area contributed by atoms with Crippen LogP contribution >= 0.6 is 0 Å².